The van der Waals surface area contributed by atoms with Gasteiger partial charge in [0.15, 0.2) is 5.82 Å². The van der Waals surface area contributed by atoms with E-state index in [4.69, 9.17) is 9.72 Å². The summed E-state index contributed by atoms with van der Waals surface area (Å²) in [5, 5.41) is 22.4. The fraction of sp³-hybridized carbons (Fsp3) is 0.367. The van der Waals surface area contributed by atoms with Crippen LogP contribution in [-0.2, 0) is 6.54 Å². The van der Waals surface area contributed by atoms with Crippen LogP contribution < -0.4 is 10.1 Å². The van der Waals surface area contributed by atoms with E-state index in [1.165, 1.54) is 25.7 Å². The Balaban J connectivity index is 1.14. The average Bonchev–Trinajstić information content (AvgIpc) is 3.76. The predicted octanol–water partition coefficient (Wildman–Crippen LogP) is 5.28. The van der Waals surface area contributed by atoms with Crippen molar-refractivity contribution in [1.82, 2.24) is 35.6 Å². The molecule has 2 fully saturated rings. The van der Waals surface area contributed by atoms with Gasteiger partial charge in [0, 0.05) is 22.6 Å². The summed E-state index contributed by atoms with van der Waals surface area (Å²) in [7, 11) is 0. The molecule has 2 unspecified atom stereocenters. The van der Waals surface area contributed by atoms with Gasteiger partial charge in [0.1, 0.15) is 17.7 Å². The molecule has 4 heterocycles. The molecule has 0 radical (unpaired) electrons. The third kappa shape index (κ3) is 4.54. The summed E-state index contributed by atoms with van der Waals surface area (Å²) < 4.78 is 6.26. The minimum absolute atomic E-state index is 0.152. The minimum Gasteiger partial charge on any atom is -0.489 e. The Morgan fingerprint density at radius 3 is 2.63 bits per heavy atom. The first-order valence-electron chi connectivity index (χ1n) is 13.8. The number of nitrogens with one attached hydrogen (secondary N) is 3. The second-order valence-electron chi connectivity index (χ2n) is 10.7. The number of hydrogen-bond acceptors (Lipinski definition) is 6. The van der Waals surface area contributed by atoms with Crippen molar-refractivity contribution < 1.29 is 4.74 Å². The lowest BCUT2D eigenvalue weighted by Gasteiger charge is -2.21. The van der Waals surface area contributed by atoms with Crippen LogP contribution in [0.3, 0.4) is 0 Å². The third-order valence-corrected chi connectivity index (χ3v) is 8.00. The zero-order valence-electron chi connectivity index (χ0n) is 21.7. The number of nitrogens with zero attached hydrogens (tertiary/aromatic N) is 4. The number of hydrogen-bond donors (Lipinski definition) is 3. The van der Waals surface area contributed by atoms with Crippen LogP contribution in [0.4, 0.5) is 0 Å². The van der Waals surface area contributed by atoms with Crippen molar-refractivity contribution in [3.05, 3.63) is 60.4 Å². The molecule has 3 aromatic carbocycles. The first-order chi connectivity index (χ1) is 18.7. The summed E-state index contributed by atoms with van der Waals surface area (Å²) in [6.45, 7) is 6.34. The van der Waals surface area contributed by atoms with Gasteiger partial charge in [-0.2, -0.15) is 10.2 Å². The maximum atomic E-state index is 6.26. The van der Waals surface area contributed by atoms with Gasteiger partial charge in [0.05, 0.1) is 17.8 Å². The average molecular weight is 508 g/mol. The van der Waals surface area contributed by atoms with Gasteiger partial charge in [-0.1, -0.05) is 18.2 Å². The lowest BCUT2D eigenvalue weighted by atomic mass is 10.0. The highest BCUT2D eigenvalue weighted by molar-refractivity contribution is 5.97. The van der Waals surface area contributed by atoms with Crippen molar-refractivity contribution in [3.8, 4) is 28.4 Å². The van der Waals surface area contributed by atoms with Gasteiger partial charge in [-0.05, 0) is 99.4 Å². The molecule has 7 rings (SSSR count). The second kappa shape index (κ2) is 9.85. The zero-order valence-corrected chi connectivity index (χ0v) is 21.7. The maximum absolute atomic E-state index is 6.26. The SMILES string of the molecule is CC(Oc1ccc2cc(-c3n[nH]c4ccc(-c5n[nH]c(CN6CCCC6)n5)cc34)ccc2c1)C1CCCN1. The molecule has 5 aromatic rings. The van der Waals surface area contributed by atoms with Crippen LogP contribution in [0, 0.1) is 0 Å². The number of benzene rings is 3. The van der Waals surface area contributed by atoms with Gasteiger partial charge in [-0.25, -0.2) is 4.98 Å². The number of fused-ring (bicyclic) bond motifs is 2. The van der Waals surface area contributed by atoms with E-state index in [-0.39, 0.29) is 6.10 Å². The monoisotopic (exact) mass is 507 g/mol. The molecule has 2 aromatic heterocycles. The molecule has 8 nitrogen and oxygen atoms in total. The molecule has 0 bridgehead atoms. The predicted molar refractivity (Wildman–Crippen MR) is 150 cm³/mol. The van der Waals surface area contributed by atoms with Gasteiger partial charge in [-0.3, -0.25) is 15.1 Å². The molecule has 0 aliphatic carbocycles. The van der Waals surface area contributed by atoms with E-state index in [0.717, 1.165) is 82.1 Å². The standard InChI is InChI=1S/C30H33N7O/c1-19(26-5-4-12-31-26)38-24-10-8-20-15-22(7-6-21(20)16-24)29-25-17-23(9-11-27(25)33-35-29)30-32-28(34-36-30)18-37-13-2-3-14-37/h6-11,15-17,19,26,31H,2-5,12-14,18H2,1H3,(H,33,35)(H,32,34,36). The number of likely N-dealkylation sites (tertiary alicyclic amines) is 1. The van der Waals surface area contributed by atoms with Crippen molar-refractivity contribution in [1.29, 1.82) is 0 Å². The summed E-state index contributed by atoms with van der Waals surface area (Å²) in [5.41, 5.74) is 3.98. The van der Waals surface area contributed by atoms with Crippen LogP contribution >= 0.6 is 0 Å². The van der Waals surface area contributed by atoms with Gasteiger partial charge >= 0.3 is 0 Å². The number of aromatic amines is 2. The van der Waals surface area contributed by atoms with Gasteiger partial charge < -0.3 is 10.1 Å². The van der Waals surface area contributed by atoms with Crippen molar-refractivity contribution >= 4 is 21.7 Å². The smallest absolute Gasteiger partial charge is 0.181 e. The van der Waals surface area contributed by atoms with E-state index in [1.807, 2.05) is 0 Å². The lowest BCUT2D eigenvalue weighted by Crippen LogP contribution is -2.36. The molecule has 8 heteroatoms. The highest BCUT2D eigenvalue weighted by Crippen LogP contribution is 2.32. The molecular formula is C30H33N7O. The molecule has 2 atom stereocenters. The Labute approximate surface area is 221 Å². The first kappa shape index (κ1) is 23.4. The molecule has 38 heavy (non-hydrogen) atoms. The minimum atomic E-state index is 0.152. The van der Waals surface area contributed by atoms with E-state index in [1.54, 1.807) is 0 Å². The lowest BCUT2D eigenvalue weighted by molar-refractivity contribution is 0.180. The number of aromatic nitrogens is 5. The van der Waals surface area contributed by atoms with Crippen molar-refractivity contribution in [2.75, 3.05) is 19.6 Å². The molecule has 3 N–H and O–H groups in total. The van der Waals surface area contributed by atoms with Crippen LogP contribution in [0.5, 0.6) is 5.75 Å². The number of ether oxygens (including phenoxy) is 1. The normalized spacial score (nSPS) is 19.0. The van der Waals surface area contributed by atoms with Gasteiger partial charge in [0.25, 0.3) is 0 Å². The van der Waals surface area contributed by atoms with E-state index >= 15 is 0 Å². The molecule has 0 amide bonds. The quantitative estimate of drug-likeness (QED) is 0.277. The van der Waals surface area contributed by atoms with E-state index in [0.29, 0.717) is 6.04 Å². The van der Waals surface area contributed by atoms with Crippen molar-refractivity contribution in [3.63, 3.8) is 0 Å². The van der Waals surface area contributed by atoms with Crippen LogP contribution in [-0.4, -0.2) is 62.1 Å². The summed E-state index contributed by atoms with van der Waals surface area (Å²) in [6, 6.07) is 19.5. The number of H-pyrrole nitrogens is 2. The van der Waals surface area contributed by atoms with Crippen LogP contribution in [0.25, 0.3) is 44.3 Å². The third-order valence-electron chi connectivity index (χ3n) is 8.00. The fourth-order valence-electron chi connectivity index (χ4n) is 5.87. The van der Waals surface area contributed by atoms with Crippen LogP contribution in [0.1, 0.15) is 38.4 Å². The Morgan fingerprint density at radius 1 is 0.921 bits per heavy atom. The topological polar surface area (TPSA) is 94.8 Å². The second-order valence-corrected chi connectivity index (χ2v) is 10.7. The Morgan fingerprint density at radius 2 is 1.76 bits per heavy atom. The molecule has 194 valence electrons. The maximum Gasteiger partial charge on any atom is 0.181 e. The molecule has 2 aliphatic heterocycles. The largest absolute Gasteiger partial charge is 0.489 e. The number of rotatable bonds is 7. The molecule has 2 aliphatic rings. The Kier molecular flexibility index (Phi) is 6.06. The van der Waals surface area contributed by atoms with Crippen molar-refractivity contribution in [2.24, 2.45) is 0 Å². The molecule has 0 spiro atoms. The molecular weight excluding hydrogens is 474 g/mol. The Hall–Kier alpha value is -3.75. The Bertz CT molecular complexity index is 1580. The highest BCUT2D eigenvalue weighted by atomic mass is 16.5. The van der Waals surface area contributed by atoms with E-state index in [2.05, 4.69) is 92.1 Å². The van der Waals surface area contributed by atoms with Crippen molar-refractivity contribution in [2.45, 2.75) is 51.3 Å². The van der Waals surface area contributed by atoms with Crippen LogP contribution in [0.15, 0.2) is 54.6 Å². The fourth-order valence-corrected chi connectivity index (χ4v) is 5.87. The van der Waals surface area contributed by atoms with E-state index in [9.17, 15) is 0 Å². The summed E-state index contributed by atoms with van der Waals surface area (Å²) in [5.74, 6) is 2.56. The van der Waals surface area contributed by atoms with Gasteiger partial charge in [-0.15, -0.1) is 0 Å². The summed E-state index contributed by atoms with van der Waals surface area (Å²) >= 11 is 0. The summed E-state index contributed by atoms with van der Waals surface area (Å²) in [6.07, 6.45) is 5.08. The van der Waals surface area contributed by atoms with Gasteiger partial charge in [0.2, 0.25) is 0 Å². The summed E-state index contributed by atoms with van der Waals surface area (Å²) in [4.78, 5) is 7.20. The molecule has 0 saturated carbocycles. The molecule has 2 saturated heterocycles. The van der Waals surface area contributed by atoms with E-state index < -0.39 is 0 Å². The van der Waals surface area contributed by atoms with Crippen LogP contribution in [0.2, 0.25) is 0 Å². The zero-order chi connectivity index (χ0) is 25.5. The first-order valence-corrected chi connectivity index (χ1v) is 13.8. The highest BCUT2D eigenvalue weighted by Gasteiger charge is 2.22.